The van der Waals surface area contributed by atoms with Gasteiger partial charge in [0.2, 0.25) is 0 Å². The molecule has 2 heterocycles. The van der Waals surface area contributed by atoms with Crippen molar-refractivity contribution in [3.8, 4) is 5.75 Å². The van der Waals surface area contributed by atoms with Crippen LogP contribution in [0, 0.1) is 6.92 Å². The van der Waals surface area contributed by atoms with E-state index in [1.807, 2.05) is 37.3 Å². The van der Waals surface area contributed by atoms with Crippen molar-refractivity contribution in [1.82, 2.24) is 9.38 Å². The van der Waals surface area contributed by atoms with Crippen LogP contribution in [0.1, 0.15) is 41.3 Å². The molecule has 0 aliphatic heterocycles. The van der Waals surface area contributed by atoms with Crippen LogP contribution in [0.25, 0.3) is 5.65 Å². The fourth-order valence-electron chi connectivity index (χ4n) is 3.46. The quantitative estimate of drug-likeness (QED) is 0.799. The molecule has 1 aliphatic rings. The number of nitrogens with zero attached hydrogens (tertiary/aromatic N) is 2. The molecule has 4 rings (SSSR count). The summed E-state index contributed by atoms with van der Waals surface area (Å²) >= 11 is 0. The van der Waals surface area contributed by atoms with Crippen molar-refractivity contribution in [3.05, 3.63) is 75.3 Å². The molecule has 25 heavy (non-hydrogen) atoms. The van der Waals surface area contributed by atoms with Crippen LogP contribution in [0.3, 0.4) is 0 Å². The minimum atomic E-state index is -0.418. The zero-order valence-corrected chi connectivity index (χ0v) is 14.1. The van der Waals surface area contributed by atoms with Gasteiger partial charge in [0.05, 0.1) is 11.8 Å². The van der Waals surface area contributed by atoms with E-state index in [9.17, 15) is 9.90 Å². The highest BCUT2D eigenvalue weighted by Gasteiger charge is 2.21. The summed E-state index contributed by atoms with van der Waals surface area (Å²) in [5.74, 6) is 0.767. The van der Waals surface area contributed by atoms with Crippen LogP contribution < -0.4 is 10.3 Å². The molecule has 128 valence electrons. The Morgan fingerprint density at radius 2 is 2.20 bits per heavy atom. The van der Waals surface area contributed by atoms with Gasteiger partial charge < -0.3 is 9.84 Å². The summed E-state index contributed by atoms with van der Waals surface area (Å²) in [6.45, 7) is 2.16. The number of hydrogen-bond acceptors (Lipinski definition) is 4. The minimum Gasteiger partial charge on any atom is -0.487 e. The standard InChI is InChI=1S/C20H20N2O3/c1-13-5-4-10-22-19(24)11-14(21-20(13)22)12-25-18-9-3-6-15-16(18)7-2-8-17(15)23/h3-6,9-11,17,23H,2,7-8,12H2,1H3/t17-/m0/s1. The van der Waals surface area contributed by atoms with E-state index < -0.39 is 6.10 Å². The molecule has 0 spiro atoms. The lowest BCUT2D eigenvalue weighted by Gasteiger charge is -2.23. The first-order valence-corrected chi connectivity index (χ1v) is 8.54. The molecule has 0 fully saturated rings. The van der Waals surface area contributed by atoms with E-state index in [4.69, 9.17) is 4.74 Å². The van der Waals surface area contributed by atoms with E-state index in [1.165, 1.54) is 6.07 Å². The summed E-state index contributed by atoms with van der Waals surface area (Å²) in [6, 6.07) is 11.0. The van der Waals surface area contributed by atoms with E-state index in [0.717, 1.165) is 41.7 Å². The van der Waals surface area contributed by atoms with E-state index in [0.29, 0.717) is 11.3 Å². The van der Waals surface area contributed by atoms with Gasteiger partial charge in [-0.3, -0.25) is 9.20 Å². The number of ether oxygens (including phenoxy) is 1. The number of aliphatic hydroxyl groups is 1. The van der Waals surface area contributed by atoms with E-state index in [2.05, 4.69) is 4.98 Å². The van der Waals surface area contributed by atoms with E-state index in [-0.39, 0.29) is 12.2 Å². The Morgan fingerprint density at radius 3 is 3.08 bits per heavy atom. The maximum absolute atomic E-state index is 12.3. The number of rotatable bonds is 3. The third-order valence-electron chi connectivity index (χ3n) is 4.75. The summed E-state index contributed by atoms with van der Waals surface area (Å²) in [5.41, 5.74) is 4.10. The average Bonchev–Trinajstić information content (AvgIpc) is 2.61. The maximum atomic E-state index is 12.3. The normalized spacial score (nSPS) is 16.6. The van der Waals surface area contributed by atoms with Crippen LogP contribution in [-0.4, -0.2) is 14.5 Å². The Balaban J connectivity index is 1.64. The average molecular weight is 336 g/mol. The molecule has 0 saturated carbocycles. The lowest BCUT2D eigenvalue weighted by molar-refractivity contribution is 0.155. The van der Waals surface area contributed by atoms with Gasteiger partial charge in [-0.15, -0.1) is 0 Å². The predicted molar refractivity (Wildman–Crippen MR) is 94.9 cm³/mol. The molecule has 1 aromatic carbocycles. The second kappa shape index (κ2) is 6.33. The summed E-state index contributed by atoms with van der Waals surface area (Å²) in [6.07, 6.45) is 3.94. The van der Waals surface area contributed by atoms with Crippen LogP contribution in [0.5, 0.6) is 5.75 Å². The molecule has 3 aromatic rings. The van der Waals surface area contributed by atoms with Gasteiger partial charge in [-0.2, -0.15) is 0 Å². The van der Waals surface area contributed by atoms with Gasteiger partial charge in [-0.1, -0.05) is 18.2 Å². The van der Waals surface area contributed by atoms with E-state index >= 15 is 0 Å². The number of pyridine rings is 1. The summed E-state index contributed by atoms with van der Waals surface area (Å²) in [4.78, 5) is 16.8. The zero-order valence-electron chi connectivity index (χ0n) is 14.1. The summed E-state index contributed by atoms with van der Waals surface area (Å²) < 4.78 is 7.50. The smallest absolute Gasteiger partial charge is 0.258 e. The number of benzene rings is 1. The molecular weight excluding hydrogens is 316 g/mol. The number of aromatic nitrogens is 2. The molecule has 1 atom stereocenters. The van der Waals surface area contributed by atoms with Crippen molar-refractivity contribution in [2.75, 3.05) is 0 Å². The van der Waals surface area contributed by atoms with Crippen molar-refractivity contribution in [2.24, 2.45) is 0 Å². The first-order valence-electron chi connectivity index (χ1n) is 8.54. The Kier molecular flexibility index (Phi) is 4.01. The van der Waals surface area contributed by atoms with Crippen molar-refractivity contribution in [3.63, 3.8) is 0 Å². The molecule has 0 radical (unpaired) electrons. The minimum absolute atomic E-state index is 0.113. The first-order chi connectivity index (χ1) is 12.1. The fraction of sp³-hybridized carbons (Fsp3) is 0.300. The molecule has 5 heteroatoms. The Morgan fingerprint density at radius 1 is 1.32 bits per heavy atom. The van der Waals surface area contributed by atoms with Crippen LogP contribution in [0.15, 0.2) is 47.4 Å². The second-order valence-electron chi connectivity index (χ2n) is 6.49. The third-order valence-corrected chi connectivity index (χ3v) is 4.75. The third kappa shape index (κ3) is 2.91. The lowest BCUT2D eigenvalue weighted by atomic mass is 9.89. The maximum Gasteiger partial charge on any atom is 0.258 e. The lowest BCUT2D eigenvalue weighted by Crippen LogP contribution is -2.17. The topological polar surface area (TPSA) is 63.8 Å². The molecule has 5 nitrogen and oxygen atoms in total. The van der Waals surface area contributed by atoms with Crippen molar-refractivity contribution >= 4 is 5.65 Å². The Hall–Kier alpha value is -2.66. The molecule has 2 aromatic heterocycles. The summed E-state index contributed by atoms with van der Waals surface area (Å²) in [7, 11) is 0. The second-order valence-corrected chi connectivity index (χ2v) is 6.49. The van der Waals surface area contributed by atoms with Gasteiger partial charge in [0, 0.05) is 12.3 Å². The van der Waals surface area contributed by atoms with Gasteiger partial charge in [0.1, 0.15) is 18.0 Å². The molecule has 1 aliphatic carbocycles. The predicted octanol–water partition coefficient (Wildman–Crippen LogP) is 2.95. The van der Waals surface area contributed by atoms with Gasteiger partial charge in [0.15, 0.2) is 0 Å². The Bertz CT molecular complexity index is 994. The van der Waals surface area contributed by atoms with Gasteiger partial charge in [-0.25, -0.2) is 4.98 Å². The van der Waals surface area contributed by atoms with Crippen LogP contribution in [0.2, 0.25) is 0 Å². The zero-order chi connectivity index (χ0) is 17.4. The fourth-order valence-corrected chi connectivity index (χ4v) is 3.46. The highest BCUT2D eigenvalue weighted by Crippen LogP contribution is 2.35. The molecule has 0 bridgehead atoms. The monoisotopic (exact) mass is 336 g/mol. The summed E-state index contributed by atoms with van der Waals surface area (Å²) in [5, 5.41) is 10.1. The van der Waals surface area contributed by atoms with Crippen LogP contribution in [-0.2, 0) is 13.0 Å². The molecule has 1 N–H and O–H groups in total. The molecule has 0 saturated heterocycles. The molecule has 0 unspecified atom stereocenters. The SMILES string of the molecule is Cc1cccn2c(=O)cc(COc3cccc4c3CCC[C@@H]4O)nc12. The Labute approximate surface area is 145 Å². The number of fused-ring (bicyclic) bond motifs is 2. The van der Waals surface area contributed by atoms with Crippen LogP contribution in [0.4, 0.5) is 0 Å². The van der Waals surface area contributed by atoms with Gasteiger partial charge in [-0.05, 0) is 55.0 Å². The van der Waals surface area contributed by atoms with Crippen molar-refractivity contribution < 1.29 is 9.84 Å². The number of hydrogen-bond donors (Lipinski definition) is 1. The largest absolute Gasteiger partial charge is 0.487 e. The molecular formula is C20H20N2O3. The number of aryl methyl sites for hydroxylation is 1. The highest BCUT2D eigenvalue weighted by molar-refractivity contribution is 5.47. The van der Waals surface area contributed by atoms with Crippen molar-refractivity contribution in [1.29, 1.82) is 0 Å². The molecule has 0 amide bonds. The van der Waals surface area contributed by atoms with Crippen molar-refractivity contribution in [2.45, 2.75) is 38.9 Å². The van der Waals surface area contributed by atoms with Gasteiger partial charge >= 0.3 is 0 Å². The number of aliphatic hydroxyl groups excluding tert-OH is 1. The van der Waals surface area contributed by atoms with Crippen LogP contribution >= 0.6 is 0 Å². The van der Waals surface area contributed by atoms with E-state index in [1.54, 1.807) is 10.6 Å². The highest BCUT2D eigenvalue weighted by atomic mass is 16.5. The van der Waals surface area contributed by atoms with Gasteiger partial charge in [0.25, 0.3) is 5.56 Å². The first kappa shape index (κ1) is 15.8.